The Morgan fingerprint density at radius 2 is 1.86 bits per heavy atom. The molecule has 0 aliphatic carbocycles. The summed E-state index contributed by atoms with van der Waals surface area (Å²) in [6.07, 6.45) is 4.87. The summed E-state index contributed by atoms with van der Waals surface area (Å²) in [5.41, 5.74) is 3.21. The lowest BCUT2D eigenvalue weighted by Gasteiger charge is -2.39. The maximum atomic E-state index is 13.4. The maximum Gasteiger partial charge on any atom is 0.220 e. The van der Waals surface area contributed by atoms with Crippen LogP contribution in [0.3, 0.4) is 0 Å². The number of nitrogens with one attached hydrogen (secondary N) is 1. The van der Waals surface area contributed by atoms with Crippen molar-refractivity contribution in [3.8, 4) is 5.75 Å². The van der Waals surface area contributed by atoms with Crippen molar-refractivity contribution < 1.29 is 23.0 Å². The Hall–Kier alpha value is -1.78. The summed E-state index contributed by atoms with van der Waals surface area (Å²) in [6, 6.07) is 9.13. The number of fused-ring (bicyclic) bond motifs is 2. The van der Waals surface area contributed by atoms with Crippen LogP contribution in [0.5, 0.6) is 5.75 Å². The SMILES string of the molecule is COCCOc1ccc(CN2C3CCC2CC(NC(=O)CCc2ccc(F)c(F)c2)C3)c(C)c1I. The van der Waals surface area contributed by atoms with Crippen molar-refractivity contribution in [1.82, 2.24) is 10.2 Å². The van der Waals surface area contributed by atoms with E-state index in [9.17, 15) is 13.6 Å². The number of halogens is 3. The molecular weight excluding hydrogens is 565 g/mol. The van der Waals surface area contributed by atoms with Gasteiger partial charge in [-0.25, -0.2) is 8.78 Å². The molecular formula is C27H33F2IN2O3. The number of carbonyl (C=O) groups excluding carboxylic acids is 1. The van der Waals surface area contributed by atoms with Crippen LogP contribution in [0.15, 0.2) is 30.3 Å². The third kappa shape index (κ3) is 6.51. The molecule has 35 heavy (non-hydrogen) atoms. The first-order chi connectivity index (χ1) is 16.9. The van der Waals surface area contributed by atoms with Gasteiger partial charge in [-0.3, -0.25) is 9.69 Å². The van der Waals surface area contributed by atoms with E-state index in [0.29, 0.717) is 37.3 Å². The number of ether oxygens (including phenoxy) is 2. The number of benzene rings is 2. The van der Waals surface area contributed by atoms with Gasteiger partial charge in [-0.15, -0.1) is 0 Å². The summed E-state index contributed by atoms with van der Waals surface area (Å²) >= 11 is 2.36. The van der Waals surface area contributed by atoms with Crippen molar-refractivity contribution in [2.75, 3.05) is 20.3 Å². The smallest absolute Gasteiger partial charge is 0.220 e. The molecule has 2 bridgehead atoms. The highest BCUT2D eigenvalue weighted by molar-refractivity contribution is 14.1. The van der Waals surface area contributed by atoms with Gasteiger partial charge >= 0.3 is 0 Å². The Labute approximate surface area is 219 Å². The highest BCUT2D eigenvalue weighted by Gasteiger charge is 2.41. The molecule has 2 heterocycles. The van der Waals surface area contributed by atoms with Gasteiger partial charge in [0.1, 0.15) is 12.4 Å². The maximum absolute atomic E-state index is 13.4. The largest absolute Gasteiger partial charge is 0.490 e. The summed E-state index contributed by atoms with van der Waals surface area (Å²) in [6.45, 7) is 4.17. The zero-order valence-electron chi connectivity index (χ0n) is 20.3. The predicted molar refractivity (Wildman–Crippen MR) is 139 cm³/mol. The second-order valence-corrected chi connectivity index (χ2v) is 10.6. The number of aryl methyl sites for hydroxylation is 1. The molecule has 190 valence electrons. The van der Waals surface area contributed by atoms with E-state index in [1.165, 1.54) is 23.3 Å². The van der Waals surface area contributed by atoms with Gasteiger partial charge in [-0.05, 0) is 96.5 Å². The fraction of sp³-hybridized carbons (Fsp3) is 0.519. The van der Waals surface area contributed by atoms with E-state index in [-0.39, 0.29) is 18.4 Å². The molecule has 2 aliphatic heterocycles. The number of rotatable bonds is 10. The van der Waals surface area contributed by atoms with Crippen LogP contribution in [0.25, 0.3) is 0 Å². The molecule has 1 N–H and O–H groups in total. The molecule has 2 aromatic carbocycles. The van der Waals surface area contributed by atoms with Crippen LogP contribution in [-0.2, 0) is 22.5 Å². The number of piperidine rings is 1. The molecule has 2 fully saturated rings. The average Bonchev–Trinajstić information content (AvgIpc) is 3.06. The minimum atomic E-state index is -0.870. The summed E-state index contributed by atoms with van der Waals surface area (Å²) in [5, 5.41) is 3.19. The summed E-state index contributed by atoms with van der Waals surface area (Å²) in [4.78, 5) is 15.1. The van der Waals surface area contributed by atoms with Gasteiger partial charge in [0.25, 0.3) is 0 Å². The van der Waals surface area contributed by atoms with Crippen molar-refractivity contribution in [2.24, 2.45) is 0 Å². The lowest BCUT2D eigenvalue weighted by molar-refractivity contribution is -0.122. The van der Waals surface area contributed by atoms with Gasteiger partial charge < -0.3 is 14.8 Å². The standard InChI is InChI=1S/C27H33F2IN2O3/c1-17-19(5-9-25(27(17)30)35-12-11-34-2)16-32-21-6-7-22(32)15-20(14-21)31-26(33)10-4-18-3-8-23(28)24(29)13-18/h3,5,8-9,13,20-22H,4,6-7,10-12,14-16H2,1-2H3,(H,31,33). The molecule has 0 spiro atoms. The van der Waals surface area contributed by atoms with Crippen molar-refractivity contribution in [1.29, 1.82) is 0 Å². The number of carbonyl (C=O) groups is 1. The van der Waals surface area contributed by atoms with Gasteiger partial charge in [0.05, 0.1) is 10.2 Å². The highest BCUT2D eigenvalue weighted by atomic mass is 127. The second kappa shape index (κ2) is 12.0. The topological polar surface area (TPSA) is 50.8 Å². The van der Waals surface area contributed by atoms with E-state index < -0.39 is 11.6 Å². The van der Waals surface area contributed by atoms with E-state index in [1.807, 2.05) is 0 Å². The van der Waals surface area contributed by atoms with E-state index in [4.69, 9.17) is 9.47 Å². The zero-order valence-corrected chi connectivity index (χ0v) is 22.4. The third-order valence-corrected chi connectivity index (χ3v) is 8.58. The van der Waals surface area contributed by atoms with E-state index in [0.717, 1.165) is 47.6 Å². The Morgan fingerprint density at radius 1 is 1.11 bits per heavy atom. The summed E-state index contributed by atoms with van der Waals surface area (Å²) in [7, 11) is 1.67. The van der Waals surface area contributed by atoms with E-state index in [2.05, 4.69) is 51.9 Å². The Balaban J connectivity index is 1.30. The fourth-order valence-corrected chi connectivity index (χ4v) is 6.00. The van der Waals surface area contributed by atoms with Crippen molar-refractivity contribution >= 4 is 28.5 Å². The first kappa shape index (κ1) is 26.3. The molecule has 0 aromatic heterocycles. The van der Waals surface area contributed by atoms with Crippen LogP contribution in [0, 0.1) is 22.1 Å². The molecule has 8 heteroatoms. The third-order valence-electron chi connectivity index (χ3n) is 7.24. The van der Waals surface area contributed by atoms with Crippen LogP contribution in [0.4, 0.5) is 8.78 Å². The van der Waals surface area contributed by atoms with Gasteiger partial charge in [-0.2, -0.15) is 0 Å². The fourth-order valence-electron chi connectivity index (χ4n) is 5.32. The van der Waals surface area contributed by atoms with Crippen LogP contribution in [0.1, 0.15) is 48.8 Å². The van der Waals surface area contributed by atoms with Crippen LogP contribution in [-0.4, -0.2) is 49.3 Å². The average molecular weight is 598 g/mol. The number of nitrogens with zero attached hydrogens (tertiary/aromatic N) is 1. The van der Waals surface area contributed by atoms with Gasteiger partial charge in [0.2, 0.25) is 5.91 Å². The number of hydrogen-bond acceptors (Lipinski definition) is 4. The molecule has 4 rings (SSSR count). The summed E-state index contributed by atoms with van der Waals surface area (Å²) in [5.74, 6) is -0.861. The molecule has 1 amide bonds. The molecule has 0 radical (unpaired) electrons. The van der Waals surface area contributed by atoms with Crippen LogP contribution in [0.2, 0.25) is 0 Å². The molecule has 2 unspecified atom stereocenters. The number of amides is 1. The molecule has 2 aliphatic rings. The Kier molecular flexibility index (Phi) is 8.99. The monoisotopic (exact) mass is 598 g/mol. The van der Waals surface area contributed by atoms with Crippen molar-refractivity contribution in [3.63, 3.8) is 0 Å². The second-order valence-electron chi connectivity index (χ2n) is 9.54. The predicted octanol–water partition coefficient (Wildman–Crippen LogP) is 5.15. The van der Waals surface area contributed by atoms with Gasteiger partial charge in [0.15, 0.2) is 11.6 Å². The van der Waals surface area contributed by atoms with Gasteiger partial charge in [-0.1, -0.05) is 12.1 Å². The zero-order chi connectivity index (χ0) is 24.9. The molecule has 2 atom stereocenters. The molecule has 0 saturated carbocycles. The number of hydrogen-bond donors (Lipinski definition) is 1. The Morgan fingerprint density at radius 3 is 2.54 bits per heavy atom. The van der Waals surface area contributed by atoms with E-state index in [1.54, 1.807) is 7.11 Å². The molecule has 2 saturated heterocycles. The van der Waals surface area contributed by atoms with Crippen LogP contribution < -0.4 is 10.1 Å². The Bertz CT molecular complexity index is 1040. The minimum Gasteiger partial charge on any atom is -0.490 e. The quantitative estimate of drug-likeness (QED) is 0.304. The van der Waals surface area contributed by atoms with Crippen LogP contribution >= 0.6 is 22.6 Å². The molecule has 5 nitrogen and oxygen atoms in total. The summed E-state index contributed by atoms with van der Waals surface area (Å²) < 4.78 is 38.6. The lowest BCUT2D eigenvalue weighted by atomic mass is 9.95. The first-order valence-electron chi connectivity index (χ1n) is 12.2. The highest BCUT2D eigenvalue weighted by Crippen LogP contribution is 2.38. The lowest BCUT2D eigenvalue weighted by Crippen LogP contribution is -2.50. The molecule has 2 aromatic rings. The number of methoxy groups -OCH3 is 1. The van der Waals surface area contributed by atoms with Crippen molar-refractivity contribution in [2.45, 2.75) is 70.1 Å². The van der Waals surface area contributed by atoms with Crippen molar-refractivity contribution in [3.05, 3.63) is 62.2 Å². The minimum absolute atomic E-state index is 0.0259. The normalized spacial score (nSPS) is 21.8. The van der Waals surface area contributed by atoms with Gasteiger partial charge in [0, 0.05) is 38.2 Å². The first-order valence-corrected chi connectivity index (χ1v) is 13.3. The van der Waals surface area contributed by atoms with E-state index >= 15 is 0 Å².